The van der Waals surface area contributed by atoms with Crippen molar-refractivity contribution in [2.24, 2.45) is 0 Å². The molecule has 3 aromatic rings. The Morgan fingerprint density at radius 2 is 1.73 bits per heavy atom. The number of anilines is 1. The lowest BCUT2D eigenvalue weighted by molar-refractivity contribution is -0.134. The largest absolute Gasteiger partial charge is 0.478 e. The van der Waals surface area contributed by atoms with Crippen molar-refractivity contribution in [2.45, 2.75) is 30.4 Å². The zero-order valence-electron chi connectivity index (χ0n) is 18.7. The summed E-state index contributed by atoms with van der Waals surface area (Å²) in [6.07, 6.45) is 2.49. The molecule has 1 N–H and O–H groups in total. The number of carbonyl (C=O) groups is 1. The minimum absolute atomic E-state index is 0. The standard InChI is InChI=1S/C26H27ClN2O2S.ClH/c1-18-5-3-4-6-23(18)29-24(17-28-16-15-19-7-13-22(32-2)14-8-19)25(26(29)30)31-21-11-9-20(27)10-12-21;/h3-14,24-25,28H,15-17H2,1-2H3;1H. The number of hydrogen-bond donors (Lipinski definition) is 1. The first-order chi connectivity index (χ1) is 15.6. The van der Waals surface area contributed by atoms with Gasteiger partial charge in [0, 0.05) is 22.2 Å². The molecular weight excluding hydrogens is 475 g/mol. The summed E-state index contributed by atoms with van der Waals surface area (Å²) in [5.74, 6) is 0.629. The highest BCUT2D eigenvalue weighted by Gasteiger charge is 2.50. The zero-order valence-corrected chi connectivity index (χ0v) is 21.1. The Kier molecular flexibility index (Phi) is 9.10. The van der Waals surface area contributed by atoms with Gasteiger partial charge in [-0.25, -0.2) is 0 Å². The van der Waals surface area contributed by atoms with E-state index in [2.05, 4.69) is 35.8 Å². The molecule has 1 aliphatic heterocycles. The maximum Gasteiger partial charge on any atom is 0.270 e. The van der Waals surface area contributed by atoms with Crippen LogP contribution in [0.5, 0.6) is 5.75 Å². The van der Waals surface area contributed by atoms with E-state index in [4.69, 9.17) is 16.3 Å². The molecule has 2 unspecified atom stereocenters. The van der Waals surface area contributed by atoms with Crippen LogP contribution in [0, 0.1) is 6.92 Å². The number of ether oxygens (including phenoxy) is 1. The average Bonchev–Trinajstić information content (AvgIpc) is 2.82. The van der Waals surface area contributed by atoms with E-state index in [1.807, 2.05) is 36.1 Å². The van der Waals surface area contributed by atoms with Gasteiger partial charge in [-0.3, -0.25) is 4.79 Å². The van der Waals surface area contributed by atoms with Crippen LogP contribution in [-0.4, -0.2) is 37.4 Å². The Morgan fingerprint density at radius 3 is 2.39 bits per heavy atom. The van der Waals surface area contributed by atoms with Gasteiger partial charge in [0.25, 0.3) is 5.91 Å². The first kappa shape index (κ1) is 25.4. The Labute approximate surface area is 211 Å². The second kappa shape index (κ2) is 11.8. The van der Waals surface area contributed by atoms with Gasteiger partial charge < -0.3 is 15.0 Å². The summed E-state index contributed by atoms with van der Waals surface area (Å²) in [6, 6.07) is 23.7. The summed E-state index contributed by atoms with van der Waals surface area (Å²) >= 11 is 7.73. The molecule has 0 spiro atoms. The van der Waals surface area contributed by atoms with Crippen LogP contribution >= 0.6 is 35.8 Å². The third-order valence-corrected chi connectivity index (χ3v) is 6.71. The highest BCUT2D eigenvalue weighted by atomic mass is 35.5. The van der Waals surface area contributed by atoms with Crippen LogP contribution in [0.15, 0.2) is 77.7 Å². The van der Waals surface area contributed by atoms with Crippen molar-refractivity contribution in [1.82, 2.24) is 5.32 Å². The fraction of sp³-hybridized carbons (Fsp3) is 0.269. The Balaban J connectivity index is 0.00000306. The molecule has 174 valence electrons. The van der Waals surface area contributed by atoms with Crippen molar-refractivity contribution in [3.63, 3.8) is 0 Å². The molecule has 1 saturated heterocycles. The van der Waals surface area contributed by atoms with Crippen molar-refractivity contribution >= 4 is 47.4 Å². The molecule has 0 saturated carbocycles. The third-order valence-electron chi connectivity index (χ3n) is 5.72. The lowest BCUT2D eigenvalue weighted by atomic mass is 9.95. The number of aryl methyl sites for hydroxylation is 1. The molecule has 0 bridgehead atoms. The minimum atomic E-state index is -0.524. The monoisotopic (exact) mass is 502 g/mol. The quantitative estimate of drug-likeness (QED) is 0.228. The maximum atomic E-state index is 13.1. The van der Waals surface area contributed by atoms with Gasteiger partial charge in [0.2, 0.25) is 0 Å². The van der Waals surface area contributed by atoms with Crippen LogP contribution in [0.2, 0.25) is 5.02 Å². The predicted molar refractivity (Wildman–Crippen MR) is 140 cm³/mol. The molecule has 2 atom stereocenters. The molecule has 4 nitrogen and oxygen atoms in total. The number of carbonyl (C=O) groups excluding carboxylic acids is 1. The molecule has 33 heavy (non-hydrogen) atoms. The number of halogens is 2. The minimum Gasteiger partial charge on any atom is -0.478 e. The first-order valence-electron chi connectivity index (χ1n) is 10.7. The van der Waals surface area contributed by atoms with Gasteiger partial charge in [0.15, 0.2) is 6.10 Å². The summed E-state index contributed by atoms with van der Waals surface area (Å²) in [7, 11) is 0. The molecule has 1 heterocycles. The molecule has 7 heteroatoms. The number of rotatable bonds is 9. The summed E-state index contributed by atoms with van der Waals surface area (Å²) in [4.78, 5) is 16.2. The topological polar surface area (TPSA) is 41.6 Å². The number of hydrogen-bond acceptors (Lipinski definition) is 4. The van der Waals surface area contributed by atoms with Crippen molar-refractivity contribution in [3.05, 3.63) is 88.9 Å². The van der Waals surface area contributed by atoms with Gasteiger partial charge in [-0.15, -0.1) is 24.2 Å². The molecule has 0 radical (unpaired) electrons. The molecule has 1 fully saturated rings. The number of β-lactam (4-membered cyclic amide) rings is 1. The summed E-state index contributed by atoms with van der Waals surface area (Å²) in [5.41, 5.74) is 3.31. The zero-order chi connectivity index (χ0) is 22.5. The number of nitrogens with zero attached hydrogens (tertiary/aromatic N) is 1. The van der Waals surface area contributed by atoms with E-state index in [0.717, 1.165) is 24.2 Å². The average molecular weight is 503 g/mol. The lowest BCUT2D eigenvalue weighted by Gasteiger charge is -2.47. The van der Waals surface area contributed by atoms with Crippen molar-refractivity contribution in [2.75, 3.05) is 24.2 Å². The Hall–Kier alpha value is -2.18. The number of thioether (sulfide) groups is 1. The van der Waals surface area contributed by atoms with Crippen molar-refractivity contribution in [3.8, 4) is 5.75 Å². The molecule has 1 amide bonds. The SMILES string of the molecule is CSc1ccc(CCNCC2C(Oc3ccc(Cl)cc3)C(=O)N2c2ccccc2C)cc1.Cl. The van der Waals surface area contributed by atoms with Gasteiger partial charge in [-0.1, -0.05) is 41.9 Å². The van der Waals surface area contributed by atoms with E-state index in [-0.39, 0.29) is 24.4 Å². The second-order valence-electron chi connectivity index (χ2n) is 7.86. The number of benzene rings is 3. The number of amides is 1. The Bertz CT molecular complexity index is 1060. The molecule has 4 rings (SSSR count). The molecule has 0 aromatic heterocycles. The van der Waals surface area contributed by atoms with Gasteiger partial charge >= 0.3 is 0 Å². The fourth-order valence-corrected chi connectivity index (χ4v) is 4.45. The maximum absolute atomic E-state index is 13.1. The van der Waals surface area contributed by atoms with Crippen LogP contribution < -0.4 is 15.0 Å². The molecular formula is C26H28Cl2N2O2S. The highest BCUT2D eigenvalue weighted by molar-refractivity contribution is 7.98. The van der Waals surface area contributed by atoms with Crippen molar-refractivity contribution in [1.29, 1.82) is 0 Å². The van der Waals surface area contributed by atoms with E-state index in [0.29, 0.717) is 17.3 Å². The smallest absolute Gasteiger partial charge is 0.270 e. The van der Waals surface area contributed by atoms with Crippen LogP contribution in [0.25, 0.3) is 0 Å². The molecule has 0 aliphatic carbocycles. The Morgan fingerprint density at radius 1 is 1.03 bits per heavy atom. The predicted octanol–water partition coefficient (Wildman–Crippen LogP) is 5.79. The van der Waals surface area contributed by atoms with E-state index in [1.165, 1.54) is 10.5 Å². The van der Waals surface area contributed by atoms with Gasteiger partial charge in [-0.05, 0) is 79.7 Å². The van der Waals surface area contributed by atoms with E-state index in [9.17, 15) is 4.79 Å². The number of nitrogens with one attached hydrogen (secondary N) is 1. The molecule has 1 aliphatic rings. The van der Waals surface area contributed by atoms with E-state index in [1.54, 1.807) is 36.0 Å². The third kappa shape index (κ3) is 6.04. The van der Waals surface area contributed by atoms with Crippen LogP contribution in [-0.2, 0) is 11.2 Å². The number of para-hydroxylation sites is 1. The summed E-state index contributed by atoms with van der Waals surface area (Å²) in [5, 5.41) is 4.17. The summed E-state index contributed by atoms with van der Waals surface area (Å²) < 4.78 is 6.07. The lowest BCUT2D eigenvalue weighted by Crippen LogP contribution is -2.70. The summed E-state index contributed by atoms with van der Waals surface area (Å²) in [6.45, 7) is 3.51. The van der Waals surface area contributed by atoms with Crippen LogP contribution in [0.1, 0.15) is 11.1 Å². The normalized spacial score (nSPS) is 17.3. The van der Waals surface area contributed by atoms with Gasteiger partial charge in [-0.2, -0.15) is 0 Å². The van der Waals surface area contributed by atoms with Crippen molar-refractivity contribution < 1.29 is 9.53 Å². The first-order valence-corrected chi connectivity index (χ1v) is 12.3. The van der Waals surface area contributed by atoms with E-state index >= 15 is 0 Å². The van der Waals surface area contributed by atoms with E-state index < -0.39 is 6.10 Å². The fourth-order valence-electron chi connectivity index (χ4n) is 3.91. The second-order valence-corrected chi connectivity index (χ2v) is 9.17. The van der Waals surface area contributed by atoms with Crippen LogP contribution in [0.3, 0.4) is 0 Å². The van der Waals surface area contributed by atoms with Gasteiger partial charge in [0.1, 0.15) is 5.75 Å². The van der Waals surface area contributed by atoms with Gasteiger partial charge in [0.05, 0.1) is 6.04 Å². The highest BCUT2D eigenvalue weighted by Crippen LogP contribution is 2.33. The molecule has 3 aromatic carbocycles. The van der Waals surface area contributed by atoms with Crippen LogP contribution in [0.4, 0.5) is 5.69 Å².